The molecule has 0 aliphatic rings. The van der Waals surface area contributed by atoms with E-state index < -0.39 is 72.0 Å². The molecule has 0 bridgehead atoms. The van der Waals surface area contributed by atoms with Gasteiger partial charge in [-0.05, 0) is 36.5 Å². The lowest BCUT2D eigenvalue weighted by molar-refractivity contribution is -0.142. The van der Waals surface area contributed by atoms with Crippen LogP contribution >= 0.6 is 0 Å². The monoisotopic (exact) mass is 984 g/mol. The molecule has 0 spiro atoms. The van der Waals surface area contributed by atoms with Crippen LogP contribution in [0, 0.1) is 11.8 Å². The van der Waals surface area contributed by atoms with Crippen molar-refractivity contribution in [3.05, 3.63) is 29.8 Å². The van der Waals surface area contributed by atoms with Gasteiger partial charge >= 0.3 is 12.0 Å². The number of anilines is 1. The molecule has 0 fully saturated rings. The Morgan fingerprint density at radius 3 is 1.55 bits per heavy atom. The van der Waals surface area contributed by atoms with E-state index in [-0.39, 0.29) is 69.8 Å². The highest BCUT2D eigenvalue weighted by Crippen LogP contribution is 2.11. The van der Waals surface area contributed by atoms with Gasteiger partial charge in [0.2, 0.25) is 41.4 Å². The van der Waals surface area contributed by atoms with Crippen LogP contribution in [0.15, 0.2) is 24.3 Å². The van der Waals surface area contributed by atoms with Gasteiger partial charge in [-0.15, -0.1) is 0 Å². The first-order valence-corrected chi connectivity index (χ1v) is 22.7. The van der Waals surface area contributed by atoms with Gasteiger partial charge in [0.15, 0.2) is 0 Å². The van der Waals surface area contributed by atoms with E-state index in [2.05, 4.69) is 37.6 Å². The van der Waals surface area contributed by atoms with Gasteiger partial charge in [-0.25, -0.2) is 4.79 Å². The van der Waals surface area contributed by atoms with Gasteiger partial charge < -0.3 is 72.8 Å². The number of carbonyl (C=O) groups excluding carboxylic acids is 10. The number of nitrogens with one attached hydrogen (secondary N) is 6. The number of amides is 9. The van der Waals surface area contributed by atoms with Crippen molar-refractivity contribution in [2.45, 2.75) is 106 Å². The molecule has 9 amide bonds. The van der Waals surface area contributed by atoms with Crippen molar-refractivity contribution in [2.24, 2.45) is 29.0 Å². The van der Waals surface area contributed by atoms with E-state index in [1.54, 1.807) is 45.0 Å². The minimum Gasteiger partial charge on any atom is -0.461 e. The molecule has 24 nitrogen and oxygen atoms in total. The minimum absolute atomic E-state index is 0.00481. The Labute approximate surface area is 404 Å². The second-order valence-corrected chi connectivity index (χ2v) is 15.6. The maximum atomic E-state index is 12.9. The topological polar surface area (TPSA) is 367 Å². The maximum absolute atomic E-state index is 12.9. The number of esters is 1. The van der Waals surface area contributed by atoms with E-state index in [9.17, 15) is 47.9 Å². The van der Waals surface area contributed by atoms with Crippen LogP contribution in [0.4, 0.5) is 10.5 Å². The summed E-state index contributed by atoms with van der Waals surface area (Å²) < 4.78 is 26.5. The molecule has 0 saturated carbocycles. The number of ketones is 1. The Morgan fingerprint density at radius 1 is 0.594 bits per heavy atom. The molecule has 0 radical (unpaired) electrons. The molecule has 0 saturated heterocycles. The molecular weight excluding hydrogens is 907 g/mol. The molecule has 12 N–H and O–H groups in total. The van der Waals surface area contributed by atoms with Crippen molar-refractivity contribution in [3.63, 3.8) is 0 Å². The fourth-order valence-corrected chi connectivity index (χ4v) is 4.86. The molecule has 392 valence electrons. The highest BCUT2D eigenvalue weighted by atomic mass is 16.6. The number of hydrogen-bond donors (Lipinski definition) is 9. The molecule has 24 heteroatoms. The number of hydrogen-bond acceptors (Lipinski definition) is 15. The summed E-state index contributed by atoms with van der Waals surface area (Å²) in [7, 11) is 0. The zero-order chi connectivity index (χ0) is 52.6. The Kier molecular flexibility index (Phi) is 38.3. The second kappa shape index (κ2) is 40.8. The fourth-order valence-electron chi connectivity index (χ4n) is 4.86. The fraction of sp³-hybridized carbons (Fsp3) is 0.644. The van der Waals surface area contributed by atoms with Crippen LogP contribution in [0.25, 0.3) is 0 Å². The summed E-state index contributed by atoms with van der Waals surface area (Å²) in [4.78, 5) is 117. The summed E-state index contributed by atoms with van der Waals surface area (Å²) in [5, 5.41) is 15.0. The first-order valence-electron chi connectivity index (χ1n) is 22.7. The van der Waals surface area contributed by atoms with Crippen molar-refractivity contribution >= 4 is 64.8 Å². The van der Waals surface area contributed by atoms with Crippen LogP contribution in [0.5, 0.6) is 0 Å². The quantitative estimate of drug-likeness (QED) is 0.0320. The number of nitrogens with two attached hydrogens (primary N) is 3. The Hall–Kier alpha value is -6.24. The van der Waals surface area contributed by atoms with E-state index in [1.165, 1.54) is 6.92 Å². The zero-order valence-electron chi connectivity index (χ0n) is 41.2. The van der Waals surface area contributed by atoms with E-state index in [0.29, 0.717) is 58.1 Å². The number of Topliss-reactive ketones (excluding diaryl/α,β-unsaturated/α-hetero) is 1. The average Bonchev–Trinajstić information content (AvgIpc) is 3.29. The molecule has 0 heterocycles. The number of urea groups is 1. The highest BCUT2D eigenvalue weighted by Gasteiger charge is 2.26. The molecule has 1 aromatic rings. The van der Waals surface area contributed by atoms with Crippen molar-refractivity contribution in [3.8, 4) is 0 Å². The van der Waals surface area contributed by atoms with E-state index >= 15 is 0 Å². The third-order valence-electron chi connectivity index (χ3n) is 8.75. The predicted octanol–water partition coefficient (Wildman–Crippen LogP) is -0.170. The Bertz CT molecular complexity index is 1710. The van der Waals surface area contributed by atoms with E-state index in [4.69, 9.17) is 35.2 Å². The number of carbonyl (C=O) groups is 10. The molecule has 0 aliphatic carbocycles. The minimum atomic E-state index is -1.18. The van der Waals surface area contributed by atoms with Gasteiger partial charge in [-0.2, -0.15) is 0 Å². The van der Waals surface area contributed by atoms with Crippen LogP contribution in [0.2, 0.25) is 0 Å². The third kappa shape index (κ3) is 39.5. The van der Waals surface area contributed by atoms with Crippen LogP contribution in [-0.4, -0.2) is 144 Å². The average molecular weight is 984 g/mol. The zero-order valence-corrected chi connectivity index (χ0v) is 41.2. The number of primary amides is 3. The van der Waals surface area contributed by atoms with Gasteiger partial charge in [0.25, 0.3) is 0 Å². The molecule has 69 heavy (non-hydrogen) atoms. The molecule has 2 atom stereocenters. The van der Waals surface area contributed by atoms with Crippen molar-refractivity contribution in [2.75, 3.05) is 77.8 Å². The van der Waals surface area contributed by atoms with Crippen molar-refractivity contribution in [1.29, 1.82) is 0 Å². The van der Waals surface area contributed by atoms with Gasteiger partial charge in [0.1, 0.15) is 24.5 Å². The normalized spacial score (nSPS) is 11.3. The molecule has 0 aromatic heterocycles. The molecule has 2 unspecified atom stereocenters. The van der Waals surface area contributed by atoms with Gasteiger partial charge in [-0.3, -0.25) is 43.2 Å². The summed E-state index contributed by atoms with van der Waals surface area (Å²) in [5.41, 5.74) is 15.8. The van der Waals surface area contributed by atoms with Crippen LogP contribution < -0.4 is 49.1 Å². The Morgan fingerprint density at radius 2 is 1.10 bits per heavy atom. The predicted molar refractivity (Wildman–Crippen MR) is 253 cm³/mol. The number of benzene rings is 1. The standard InChI is InChI=1S/C38H60N6O13.C4H10N2O.C3H7NO/c1-25(2)31(46)12-14-53-16-18-55-20-21-56-19-17-54-15-13-33(48)43-30(10-11-32(39)47)37(51)40-23-35(50)44-36(26(3)4)38(52)41-22-34(49)42-29-8-6-28(7-9-29)24-57-27(5)45;1-2-3-6-4(5)7;1-2-3(4)5/h6-9,25-26,30,36H,10-24H2,1-5H3,(H2,39,47)(H,40,51)(H,41,52)(H,42,49)(H,43,48)(H,44,50);2-3H2,1H3,(H3,5,6,7);2H2,1H3,(H2,4,5). The largest absolute Gasteiger partial charge is 0.461 e. The number of rotatable bonds is 34. The van der Waals surface area contributed by atoms with Crippen LogP contribution in [0.1, 0.15) is 92.6 Å². The Balaban J connectivity index is 0. The first-order chi connectivity index (χ1) is 32.6. The molecular formula is C45H77N9O15. The number of ether oxygens (including phenoxy) is 5. The summed E-state index contributed by atoms with van der Waals surface area (Å²) in [6.07, 6.45) is 1.33. The van der Waals surface area contributed by atoms with E-state index in [0.717, 1.165) is 12.0 Å². The van der Waals surface area contributed by atoms with E-state index in [1.807, 2.05) is 20.8 Å². The van der Waals surface area contributed by atoms with Crippen molar-refractivity contribution < 1.29 is 71.6 Å². The lowest BCUT2D eigenvalue weighted by Gasteiger charge is -2.22. The summed E-state index contributed by atoms with van der Waals surface area (Å²) in [5.74, 6) is -4.73. The SMILES string of the molecule is CC(=O)OCc1ccc(NC(=O)CNC(=O)C(NC(=O)CNC(=O)C(CCC(N)=O)NC(=O)CCOCCOCCOCCOCCC(=O)C(C)C)C(C)C)cc1.CCC(N)=O.CCCNC(N)=O. The summed E-state index contributed by atoms with van der Waals surface area (Å²) in [6, 6.07) is 3.90. The van der Waals surface area contributed by atoms with Crippen molar-refractivity contribution in [1.82, 2.24) is 26.6 Å². The van der Waals surface area contributed by atoms with Gasteiger partial charge in [0, 0.05) is 50.8 Å². The first kappa shape index (κ1) is 64.8. The highest BCUT2D eigenvalue weighted by molar-refractivity contribution is 5.97. The summed E-state index contributed by atoms with van der Waals surface area (Å²) >= 11 is 0. The van der Waals surface area contributed by atoms with Crippen LogP contribution in [-0.2, 0) is 73.4 Å². The lowest BCUT2D eigenvalue weighted by Crippen LogP contribution is -2.54. The third-order valence-corrected chi connectivity index (χ3v) is 8.75. The lowest BCUT2D eigenvalue weighted by atomic mass is 10.0. The molecule has 0 aliphatic heterocycles. The van der Waals surface area contributed by atoms with Crippen LogP contribution in [0.3, 0.4) is 0 Å². The van der Waals surface area contributed by atoms with Gasteiger partial charge in [0.05, 0.1) is 65.9 Å². The molecule has 1 aromatic carbocycles. The second-order valence-electron chi connectivity index (χ2n) is 15.6. The maximum Gasteiger partial charge on any atom is 0.312 e. The summed E-state index contributed by atoms with van der Waals surface area (Å²) in [6.45, 7) is 14.2. The smallest absolute Gasteiger partial charge is 0.312 e. The van der Waals surface area contributed by atoms with Gasteiger partial charge in [-0.1, -0.05) is 53.7 Å². The molecule has 1 rings (SSSR count).